The minimum atomic E-state index is -4.58. The number of allylic oxidation sites excluding steroid dienone is 1. The summed E-state index contributed by atoms with van der Waals surface area (Å²) in [5.74, 6) is -4.51. The SMILES string of the molecule is C[C@H](CS(=O)CC(F)(F)F)NC(=O)c1ccc(/C=C/C(c2cc(Br)cc(Br)c2)C(F)(F)F)cc1Cl. The quantitative estimate of drug-likeness (QED) is 0.294. The number of carbonyl (C=O) groups excluding carboxylic acids is 1. The summed E-state index contributed by atoms with van der Waals surface area (Å²) in [6.45, 7) is 1.40. The molecule has 0 aliphatic rings. The molecule has 0 aliphatic heterocycles. The van der Waals surface area contributed by atoms with Gasteiger partial charge in [-0.1, -0.05) is 61.7 Å². The topological polar surface area (TPSA) is 46.2 Å². The highest BCUT2D eigenvalue weighted by Gasteiger charge is 2.39. The Kier molecular flexibility index (Phi) is 10.4. The van der Waals surface area contributed by atoms with E-state index in [-0.39, 0.29) is 16.1 Å². The normalized spacial score (nSPS) is 15.1. The lowest BCUT2D eigenvalue weighted by molar-refractivity contribution is -0.139. The number of benzene rings is 2. The molecule has 0 heterocycles. The molecule has 2 rings (SSSR count). The molecule has 0 radical (unpaired) electrons. The molecule has 0 saturated heterocycles. The monoisotopic (exact) mass is 667 g/mol. The third-order valence-electron chi connectivity index (χ3n) is 4.45. The Balaban J connectivity index is 2.15. The van der Waals surface area contributed by atoms with Crippen molar-refractivity contribution in [1.82, 2.24) is 5.32 Å². The summed E-state index contributed by atoms with van der Waals surface area (Å²) in [4.78, 5) is 12.4. The Morgan fingerprint density at radius 2 is 1.69 bits per heavy atom. The third kappa shape index (κ3) is 9.89. The molecule has 1 N–H and O–H groups in total. The zero-order valence-corrected chi connectivity index (χ0v) is 22.6. The van der Waals surface area contributed by atoms with Crippen LogP contribution in [0.3, 0.4) is 0 Å². The molecular weight excluding hydrogens is 652 g/mol. The molecule has 0 aliphatic carbocycles. The number of alkyl halides is 6. The van der Waals surface area contributed by atoms with Gasteiger partial charge in [0.2, 0.25) is 0 Å². The van der Waals surface area contributed by atoms with Crippen molar-refractivity contribution in [3.8, 4) is 0 Å². The summed E-state index contributed by atoms with van der Waals surface area (Å²) in [6, 6.07) is 7.46. The molecule has 0 bridgehead atoms. The molecular formula is C22H18Br2ClF6NO2S. The predicted octanol–water partition coefficient (Wildman–Crippen LogP) is 7.65. The molecule has 3 nitrogen and oxygen atoms in total. The van der Waals surface area contributed by atoms with Gasteiger partial charge in [0.25, 0.3) is 5.91 Å². The van der Waals surface area contributed by atoms with Gasteiger partial charge in [0, 0.05) is 31.5 Å². The second-order valence-corrected chi connectivity index (χ2v) is 11.3. The van der Waals surface area contributed by atoms with Crippen molar-refractivity contribution in [2.24, 2.45) is 0 Å². The van der Waals surface area contributed by atoms with Crippen molar-refractivity contribution in [3.63, 3.8) is 0 Å². The van der Waals surface area contributed by atoms with E-state index in [1.54, 1.807) is 6.07 Å². The standard InChI is InChI=1S/C22H18Br2ClF6NO2S/c1-12(10-35(34)11-21(26,27)28)32-20(33)17-4-2-13(6-19(17)25)3-5-18(22(29,30)31)14-7-15(23)9-16(24)8-14/h2-9,12,18H,10-11H2,1H3,(H,32,33)/b5-3+/t12-,18?,35?/m1/s1. The molecule has 2 aromatic carbocycles. The largest absolute Gasteiger partial charge is 0.400 e. The third-order valence-corrected chi connectivity index (χ3v) is 7.20. The van der Waals surface area contributed by atoms with Crippen LogP contribution in [0.1, 0.15) is 34.3 Å². The van der Waals surface area contributed by atoms with Gasteiger partial charge in [-0.2, -0.15) is 26.3 Å². The lowest BCUT2D eigenvalue weighted by atomic mass is 9.97. The smallest absolute Gasteiger partial charge is 0.349 e. The first-order valence-corrected chi connectivity index (χ1v) is 13.2. The number of hydrogen-bond donors (Lipinski definition) is 1. The molecule has 0 fully saturated rings. The van der Waals surface area contributed by atoms with Crippen LogP contribution in [0.2, 0.25) is 5.02 Å². The van der Waals surface area contributed by atoms with Crippen LogP contribution in [0, 0.1) is 0 Å². The van der Waals surface area contributed by atoms with Gasteiger partial charge in [-0.25, -0.2) is 0 Å². The maximum Gasteiger partial charge on any atom is 0.400 e. The molecule has 0 saturated carbocycles. The summed E-state index contributed by atoms with van der Waals surface area (Å²) in [7, 11) is -2.21. The number of halogens is 9. The summed E-state index contributed by atoms with van der Waals surface area (Å²) < 4.78 is 90.5. The van der Waals surface area contributed by atoms with E-state index < -0.39 is 52.5 Å². The van der Waals surface area contributed by atoms with Gasteiger partial charge in [-0.05, 0) is 48.4 Å². The van der Waals surface area contributed by atoms with Crippen molar-refractivity contribution in [2.45, 2.75) is 31.2 Å². The van der Waals surface area contributed by atoms with Gasteiger partial charge in [-0.15, -0.1) is 0 Å². The second-order valence-electron chi connectivity index (χ2n) is 7.56. The first-order chi connectivity index (χ1) is 16.0. The van der Waals surface area contributed by atoms with Crippen LogP contribution in [0.5, 0.6) is 0 Å². The minimum Gasteiger partial charge on any atom is -0.349 e. The van der Waals surface area contributed by atoms with Crippen LogP contribution in [0.4, 0.5) is 26.3 Å². The fraction of sp³-hybridized carbons (Fsp3) is 0.318. The van der Waals surface area contributed by atoms with E-state index in [0.29, 0.717) is 14.5 Å². The van der Waals surface area contributed by atoms with E-state index in [1.165, 1.54) is 43.3 Å². The van der Waals surface area contributed by atoms with Crippen LogP contribution in [-0.4, -0.2) is 40.0 Å². The molecule has 0 spiro atoms. The van der Waals surface area contributed by atoms with Gasteiger partial charge < -0.3 is 5.32 Å². The average molecular weight is 670 g/mol. The highest BCUT2D eigenvalue weighted by molar-refractivity contribution is 9.11. The molecule has 0 aromatic heterocycles. The van der Waals surface area contributed by atoms with Crippen LogP contribution in [-0.2, 0) is 10.8 Å². The zero-order chi connectivity index (χ0) is 26.6. The number of amides is 1. The van der Waals surface area contributed by atoms with E-state index in [2.05, 4.69) is 37.2 Å². The first kappa shape index (κ1) is 29.9. The van der Waals surface area contributed by atoms with Crippen molar-refractivity contribution >= 4 is 66.2 Å². The van der Waals surface area contributed by atoms with E-state index >= 15 is 0 Å². The fourth-order valence-electron chi connectivity index (χ4n) is 3.05. The Bertz CT molecular complexity index is 1100. The van der Waals surface area contributed by atoms with Gasteiger partial charge in [0.1, 0.15) is 5.75 Å². The maximum absolute atomic E-state index is 13.7. The van der Waals surface area contributed by atoms with E-state index in [1.807, 2.05) is 0 Å². The Hall–Kier alpha value is -1.37. The molecule has 1 amide bonds. The zero-order valence-electron chi connectivity index (χ0n) is 17.8. The molecule has 2 aromatic rings. The summed E-state index contributed by atoms with van der Waals surface area (Å²) in [5, 5.41) is 2.35. The number of nitrogens with one attached hydrogen (secondary N) is 1. The van der Waals surface area contributed by atoms with Gasteiger partial charge >= 0.3 is 12.4 Å². The van der Waals surface area contributed by atoms with Crippen molar-refractivity contribution in [3.05, 3.63) is 73.1 Å². The Morgan fingerprint density at radius 3 is 2.20 bits per heavy atom. The van der Waals surface area contributed by atoms with Crippen LogP contribution in [0.25, 0.3) is 6.08 Å². The maximum atomic E-state index is 13.7. The minimum absolute atomic E-state index is 0.00833. The van der Waals surface area contributed by atoms with E-state index in [0.717, 1.165) is 6.08 Å². The highest BCUT2D eigenvalue weighted by Crippen LogP contribution is 2.38. The van der Waals surface area contributed by atoms with Crippen LogP contribution < -0.4 is 5.32 Å². The molecule has 35 heavy (non-hydrogen) atoms. The summed E-state index contributed by atoms with van der Waals surface area (Å²) in [5.41, 5.74) is 0.281. The van der Waals surface area contributed by atoms with E-state index in [4.69, 9.17) is 11.6 Å². The van der Waals surface area contributed by atoms with Crippen LogP contribution in [0.15, 0.2) is 51.4 Å². The Morgan fingerprint density at radius 1 is 1.09 bits per heavy atom. The number of rotatable bonds is 8. The van der Waals surface area contributed by atoms with Crippen molar-refractivity contribution in [1.29, 1.82) is 0 Å². The fourth-order valence-corrected chi connectivity index (χ4v) is 5.78. The second kappa shape index (κ2) is 12.2. The van der Waals surface area contributed by atoms with Gasteiger partial charge in [-0.3, -0.25) is 9.00 Å². The predicted molar refractivity (Wildman–Crippen MR) is 132 cm³/mol. The lowest BCUT2D eigenvalue weighted by Crippen LogP contribution is -2.38. The highest BCUT2D eigenvalue weighted by atomic mass is 79.9. The summed E-state index contributed by atoms with van der Waals surface area (Å²) >= 11 is 12.5. The molecule has 13 heteroatoms. The van der Waals surface area contributed by atoms with Gasteiger partial charge in [0.15, 0.2) is 0 Å². The number of hydrogen-bond acceptors (Lipinski definition) is 2. The molecule has 2 unspecified atom stereocenters. The summed E-state index contributed by atoms with van der Waals surface area (Å²) in [6.07, 6.45) is -6.95. The van der Waals surface area contributed by atoms with Crippen molar-refractivity contribution < 1.29 is 35.3 Å². The van der Waals surface area contributed by atoms with Gasteiger partial charge in [0.05, 0.1) is 16.5 Å². The molecule has 3 atom stereocenters. The Labute approximate surface area is 222 Å². The number of carbonyl (C=O) groups is 1. The van der Waals surface area contributed by atoms with Crippen LogP contribution >= 0.6 is 43.5 Å². The molecule has 192 valence electrons. The average Bonchev–Trinajstić information content (AvgIpc) is 2.64. The first-order valence-electron chi connectivity index (χ1n) is 9.78. The van der Waals surface area contributed by atoms with Crippen molar-refractivity contribution in [2.75, 3.05) is 11.5 Å². The lowest BCUT2D eigenvalue weighted by Gasteiger charge is -2.18. The van der Waals surface area contributed by atoms with E-state index in [9.17, 15) is 35.3 Å².